The molecule has 8 heterocycles. The summed E-state index contributed by atoms with van der Waals surface area (Å²) >= 11 is 0. The molecule has 16 aromatic carbocycles. The molecule has 0 amide bonds. The van der Waals surface area contributed by atoms with Crippen molar-refractivity contribution >= 4 is 124 Å². The number of benzene rings is 16. The van der Waals surface area contributed by atoms with Crippen molar-refractivity contribution in [3.05, 3.63) is 413 Å². The van der Waals surface area contributed by atoms with E-state index in [2.05, 4.69) is 343 Å². The lowest BCUT2D eigenvalue weighted by atomic mass is 9.36. The molecule has 10 heteroatoms. The number of aromatic nitrogens is 5. The van der Waals surface area contributed by atoms with Gasteiger partial charge in [0.25, 0.3) is 6.71 Å². The van der Waals surface area contributed by atoms with Crippen LogP contribution in [0, 0.1) is 0 Å². The van der Waals surface area contributed by atoms with Gasteiger partial charge in [-0.25, -0.2) is 15.0 Å². The first-order valence-electron chi connectivity index (χ1n) is 39.4. The predicted octanol–water partition coefficient (Wildman–Crippen LogP) is 19.6. The lowest BCUT2D eigenvalue weighted by molar-refractivity contribution is 0.632. The fourth-order valence-corrected chi connectivity index (χ4v) is 18.5. The van der Waals surface area contributed by atoms with Crippen LogP contribution in [0.4, 0.5) is 0 Å². The van der Waals surface area contributed by atoms with Gasteiger partial charge in [-0.1, -0.05) is 402 Å². The molecule has 5 aromatic heterocycles. The molecule has 0 saturated carbocycles. The highest BCUT2D eigenvalue weighted by Gasteiger charge is 2.39. The second-order valence-corrected chi connectivity index (χ2v) is 29.8. The van der Waals surface area contributed by atoms with Crippen LogP contribution in [0.3, 0.4) is 0 Å². The van der Waals surface area contributed by atoms with E-state index in [0.717, 1.165) is 77.8 Å². The van der Waals surface area contributed by atoms with Crippen LogP contribution in [-0.4, -0.2) is 44.2 Å². The minimum atomic E-state index is -0.221. The molecular weight excluding hydrogens is 1400 g/mol. The first kappa shape index (κ1) is 67.1. The summed E-state index contributed by atoms with van der Waals surface area (Å²) in [4.78, 5) is 15.2. The van der Waals surface area contributed by atoms with Crippen LogP contribution < -0.4 is 49.4 Å². The minimum absolute atomic E-state index is 0.0620. The number of nitrogens with zero attached hydrogens (tertiary/aromatic N) is 5. The molecule has 534 valence electrons. The van der Waals surface area contributed by atoms with E-state index in [1.165, 1.54) is 110 Å². The van der Waals surface area contributed by atoms with E-state index in [9.17, 15) is 0 Å². The van der Waals surface area contributed by atoms with Gasteiger partial charge in [0.2, 0.25) is 13.4 Å². The molecule has 3 aliphatic rings. The summed E-state index contributed by atoms with van der Waals surface area (Å²) in [7, 11) is 0. The summed E-state index contributed by atoms with van der Waals surface area (Å²) in [6.45, 7) is 0.0117. The topological polar surface area (TPSA) is 74.8 Å². The van der Waals surface area contributed by atoms with Gasteiger partial charge >= 0.3 is 0 Å². The van der Waals surface area contributed by atoms with Gasteiger partial charge in [-0.3, -0.25) is 0 Å². The van der Waals surface area contributed by atoms with Crippen LogP contribution in [0.25, 0.3) is 156 Å². The van der Waals surface area contributed by atoms with Crippen molar-refractivity contribution < 1.29 is 8.83 Å². The van der Waals surface area contributed by atoms with Gasteiger partial charge in [-0.05, 0) is 76.9 Å². The average molecular weight is 1460 g/mol. The lowest BCUT2D eigenvalue weighted by Crippen LogP contribution is -2.55. The Morgan fingerprint density at radius 1 is 0.226 bits per heavy atom. The van der Waals surface area contributed by atoms with Crippen LogP contribution in [0.5, 0.6) is 0 Å². The highest BCUT2D eigenvalue weighted by atomic mass is 16.3. The molecule has 24 rings (SSSR count). The fourth-order valence-electron chi connectivity index (χ4n) is 18.5. The van der Waals surface area contributed by atoms with Crippen LogP contribution in [0.1, 0.15) is 0 Å². The van der Waals surface area contributed by atoms with Gasteiger partial charge in [0.05, 0.1) is 22.2 Å². The Morgan fingerprint density at radius 2 is 0.574 bits per heavy atom. The normalized spacial score (nSPS) is 12.1. The summed E-state index contributed by atoms with van der Waals surface area (Å²) in [5.41, 5.74) is 32.7. The monoisotopic (exact) mass is 1460 g/mol. The number of hydrogen-bond acceptors (Lipinski definition) is 5. The Bertz CT molecular complexity index is 7260. The molecule has 7 nitrogen and oxygen atoms in total. The predicted molar refractivity (Wildman–Crippen MR) is 480 cm³/mol. The zero-order chi connectivity index (χ0) is 75.9. The van der Waals surface area contributed by atoms with Gasteiger partial charge in [0, 0.05) is 77.3 Å². The van der Waals surface area contributed by atoms with E-state index in [1.807, 2.05) is 78.9 Å². The van der Waals surface area contributed by atoms with E-state index < -0.39 is 0 Å². The number of furan rings is 2. The summed E-state index contributed by atoms with van der Waals surface area (Å²) in [5.74, 6) is 3.15. The molecule has 0 aliphatic carbocycles. The maximum absolute atomic E-state index is 6.61. The maximum Gasteiger partial charge on any atom is 0.291 e. The number of rotatable bonds is 7. The quantitative estimate of drug-likeness (QED) is 0.149. The minimum Gasteiger partial charge on any atom is -0.455 e. The molecule has 3 aliphatic heterocycles. The molecule has 115 heavy (non-hydrogen) atoms. The second kappa shape index (κ2) is 28.2. The van der Waals surface area contributed by atoms with Crippen molar-refractivity contribution in [2.45, 2.75) is 0 Å². The van der Waals surface area contributed by atoms with Gasteiger partial charge < -0.3 is 18.0 Å². The maximum atomic E-state index is 6.61. The lowest BCUT2D eigenvalue weighted by Gasteiger charge is -2.19. The van der Waals surface area contributed by atoms with Crippen molar-refractivity contribution in [1.82, 2.24) is 24.1 Å². The van der Waals surface area contributed by atoms with Crippen LogP contribution >= 0.6 is 0 Å². The highest BCUT2D eigenvalue weighted by Crippen LogP contribution is 2.46. The molecule has 0 unspecified atom stereocenters. The third kappa shape index (κ3) is 11.3. The molecule has 0 spiro atoms. The van der Waals surface area contributed by atoms with E-state index in [4.69, 9.17) is 23.8 Å². The molecule has 0 saturated heterocycles. The third-order valence-electron chi connectivity index (χ3n) is 23.4. The van der Waals surface area contributed by atoms with Crippen molar-refractivity contribution in [1.29, 1.82) is 0 Å². The highest BCUT2D eigenvalue weighted by molar-refractivity contribution is 6.98. The van der Waals surface area contributed by atoms with Gasteiger partial charge in [0.1, 0.15) is 28.4 Å². The van der Waals surface area contributed by atoms with E-state index in [0.29, 0.717) is 17.4 Å². The van der Waals surface area contributed by atoms with Crippen molar-refractivity contribution in [3.8, 4) is 101 Å². The Morgan fingerprint density at radius 3 is 1.10 bits per heavy atom. The molecule has 0 N–H and O–H groups in total. The van der Waals surface area contributed by atoms with Crippen molar-refractivity contribution in [3.63, 3.8) is 0 Å². The Labute approximate surface area is 666 Å². The van der Waals surface area contributed by atoms with Crippen molar-refractivity contribution in [2.24, 2.45) is 0 Å². The Kier molecular flexibility index (Phi) is 16.4. The summed E-state index contributed by atoms with van der Waals surface area (Å²) in [6.07, 6.45) is 0. The zero-order valence-electron chi connectivity index (χ0n) is 62.5. The first-order chi connectivity index (χ1) is 57.1. The van der Waals surface area contributed by atoms with Gasteiger partial charge in [0.15, 0.2) is 11.6 Å². The molecule has 0 bridgehead atoms. The molecule has 0 fully saturated rings. The number of fused-ring (bicyclic) bond motifs is 24. The number of hydrogen-bond donors (Lipinski definition) is 0. The summed E-state index contributed by atoms with van der Waals surface area (Å²) in [5, 5.41) is 6.08. The van der Waals surface area contributed by atoms with Crippen LogP contribution in [0.2, 0.25) is 0 Å². The SMILES string of the molecule is c1ccc(-c2nc(B3c4ccccc4-c4oc5ccccc5c4-c4ccccc43)nc(-c3ccccc3)n2)cc1.c1ccc(-n2c3ccccc3c3cc(B4c5ccccc5-c5oc6ccccc6c5-c5ccccc54)ccc32)cc1.c1ccc(B2c3ccccc3-c3c(n(-c4ccccc4)c4ccccc34)-c3ccccc32)cc1. The van der Waals surface area contributed by atoms with Crippen LogP contribution in [-0.2, 0) is 0 Å². The van der Waals surface area contributed by atoms with Gasteiger partial charge in [-0.2, -0.15) is 0 Å². The Balaban J connectivity index is 0.000000105. The molecule has 0 atom stereocenters. The Hall–Kier alpha value is -14.9. The van der Waals surface area contributed by atoms with E-state index in [-0.39, 0.29) is 20.1 Å². The standard InChI is InChI=1S/C38H24BNO.C35H22BN3O.C32H22BN/c1-2-12-26(13-3-1)40-34-20-10-6-14-27(34)31-24-25(22-23-35(31)40)39-32-18-8-4-15-28(32)37-30-17-7-11-21-36(30)41-38(37)29-16-5-9-19-33(29)39;1-3-13-23(14-4-1)33-37-34(24-15-5-2-6-16-24)39-35(38-33)36-28-20-10-7-17-25(28)31-27-19-9-12-22-30(27)40-32(31)26-18-8-11-21-29(26)36;1-3-13-23(14-4-1)33-28-20-10-7-17-25(28)31-27-19-9-12-22-30(27)34(24-15-5-2-6-16-24)32(31)26-18-8-11-21-29(26)33/h1-24H;1-22H;1-22H. The van der Waals surface area contributed by atoms with E-state index >= 15 is 0 Å². The van der Waals surface area contributed by atoms with E-state index in [1.54, 1.807) is 0 Å². The fraction of sp³-hybridized carbons (Fsp3) is 0. The summed E-state index contributed by atoms with van der Waals surface area (Å²) in [6, 6.07) is 146. The largest absolute Gasteiger partial charge is 0.455 e. The first-order valence-corrected chi connectivity index (χ1v) is 39.4. The molecular formula is C105H68B3N5O2. The second-order valence-electron chi connectivity index (χ2n) is 29.8. The van der Waals surface area contributed by atoms with Gasteiger partial charge in [-0.15, -0.1) is 0 Å². The zero-order valence-corrected chi connectivity index (χ0v) is 62.5. The average Bonchev–Trinajstić information content (AvgIpc) is 1.57. The smallest absolute Gasteiger partial charge is 0.291 e. The summed E-state index contributed by atoms with van der Waals surface area (Å²) < 4.78 is 18.0. The number of para-hydroxylation sites is 6. The molecule has 0 radical (unpaired) electrons. The molecule has 21 aromatic rings. The van der Waals surface area contributed by atoms with Crippen molar-refractivity contribution in [2.75, 3.05) is 0 Å². The van der Waals surface area contributed by atoms with Crippen LogP contribution in [0.15, 0.2) is 421 Å². The third-order valence-corrected chi connectivity index (χ3v) is 23.4.